The highest BCUT2D eigenvalue weighted by Crippen LogP contribution is 2.04. The average Bonchev–Trinajstić information content (AvgIpc) is 2.22. The van der Waals surface area contributed by atoms with Gasteiger partial charge in [0, 0.05) is 17.6 Å². The number of rotatable bonds is 6. The minimum atomic E-state index is 0.584. The van der Waals surface area contributed by atoms with Crippen LogP contribution in [0.15, 0.2) is 49.7 Å². The molecule has 0 aromatic carbocycles. The molecule has 0 aromatic heterocycles. The Morgan fingerprint density at radius 3 is 2.07 bits per heavy atom. The SMILES string of the molecule is C=CC(/C(C=C)=C\C)=[N+](C=C)CC(C)C. The smallest absolute Gasteiger partial charge is 0.199 e. The zero-order valence-corrected chi connectivity index (χ0v) is 10.2. The van der Waals surface area contributed by atoms with Gasteiger partial charge in [-0.2, -0.15) is 4.58 Å². The van der Waals surface area contributed by atoms with E-state index in [0.717, 1.165) is 17.8 Å². The van der Waals surface area contributed by atoms with Gasteiger partial charge in [0.25, 0.3) is 0 Å². The van der Waals surface area contributed by atoms with Crippen molar-refractivity contribution in [3.63, 3.8) is 0 Å². The van der Waals surface area contributed by atoms with E-state index < -0.39 is 0 Å². The lowest BCUT2D eigenvalue weighted by atomic mass is 10.1. The maximum atomic E-state index is 3.84. The van der Waals surface area contributed by atoms with E-state index >= 15 is 0 Å². The van der Waals surface area contributed by atoms with Crippen LogP contribution >= 0.6 is 0 Å². The van der Waals surface area contributed by atoms with Crippen LogP contribution in [0.5, 0.6) is 0 Å². The number of hydrogen-bond acceptors (Lipinski definition) is 0. The van der Waals surface area contributed by atoms with E-state index in [1.807, 2.05) is 31.4 Å². The van der Waals surface area contributed by atoms with Gasteiger partial charge in [0.1, 0.15) is 0 Å². The van der Waals surface area contributed by atoms with Crippen LogP contribution in [0.2, 0.25) is 0 Å². The second kappa shape index (κ2) is 6.99. The predicted octanol–water partition coefficient (Wildman–Crippen LogP) is 3.56. The highest BCUT2D eigenvalue weighted by molar-refractivity contribution is 6.06. The van der Waals surface area contributed by atoms with E-state index in [1.165, 1.54) is 0 Å². The zero-order valence-electron chi connectivity index (χ0n) is 10.2. The lowest BCUT2D eigenvalue weighted by Crippen LogP contribution is -2.20. The molecule has 0 atom stereocenters. The van der Waals surface area contributed by atoms with Gasteiger partial charge in [-0.3, -0.25) is 0 Å². The predicted molar refractivity (Wildman–Crippen MR) is 69.3 cm³/mol. The van der Waals surface area contributed by atoms with Crippen molar-refractivity contribution in [1.29, 1.82) is 0 Å². The van der Waals surface area contributed by atoms with E-state index in [4.69, 9.17) is 0 Å². The van der Waals surface area contributed by atoms with Crippen molar-refractivity contribution in [2.24, 2.45) is 5.92 Å². The van der Waals surface area contributed by atoms with Crippen molar-refractivity contribution >= 4 is 5.71 Å². The van der Waals surface area contributed by atoms with Crippen molar-refractivity contribution in [3.8, 4) is 0 Å². The minimum Gasteiger partial charge on any atom is -0.199 e. The Hall–Kier alpha value is -1.37. The molecule has 1 nitrogen and oxygen atoms in total. The van der Waals surface area contributed by atoms with Crippen LogP contribution in [0.4, 0.5) is 0 Å². The first-order chi connectivity index (χ1) is 7.10. The molecule has 0 aliphatic heterocycles. The summed E-state index contributed by atoms with van der Waals surface area (Å²) in [5.74, 6) is 0.584. The molecule has 0 heterocycles. The summed E-state index contributed by atoms with van der Waals surface area (Å²) in [5, 5.41) is 0. The molecule has 0 saturated heterocycles. The summed E-state index contributed by atoms with van der Waals surface area (Å²) >= 11 is 0. The van der Waals surface area contributed by atoms with E-state index in [-0.39, 0.29) is 0 Å². The number of nitrogens with zero attached hydrogens (tertiary/aromatic N) is 1. The molecule has 82 valence electrons. The van der Waals surface area contributed by atoms with E-state index in [1.54, 1.807) is 0 Å². The van der Waals surface area contributed by atoms with Gasteiger partial charge in [-0.05, 0) is 13.5 Å². The number of allylic oxidation sites excluding steroid dienone is 4. The summed E-state index contributed by atoms with van der Waals surface area (Å²) in [6.45, 7) is 18.8. The van der Waals surface area contributed by atoms with Gasteiger partial charge < -0.3 is 0 Å². The van der Waals surface area contributed by atoms with Crippen molar-refractivity contribution in [2.75, 3.05) is 6.54 Å². The quantitative estimate of drug-likeness (QED) is 0.353. The second-order valence-corrected chi connectivity index (χ2v) is 3.77. The Kier molecular flexibility index (Phi) is 6.35. The molecule has 0 radical (unpaired) electrons. The third-order valence-electron chi connectivity index (χ3n) is 2.11. The van der Waals surface area contributed by atoms with Crippen LogP contribution in [0.1, 0.15) is 20.8 Å². The molecule has 0 bridgehead atoms. The molecule has 0 amide bonds. The Balaban J connectivity index is 5.32. The Morgan fingerprint density at radius 2 is 1.80 bits per heavy atom. The van der Waals surface area contributed by atoms with Gasteiger partial charge in [0.2, 0.25) is 5.71 Å². The maximum absolute atomic E-state index is 3.84. The molecular weight excluding hydrogens is 182 g/mol. The summed E-state index contributed by atoms with van der Waals surface area (Å²) in [7, 11) is 0. The fraction of sp³-hybridized carbons (Fsp3) is 0.357. The molecule has 0 N–H and O–H groups in total. The van der Waals surface area contributed by atoms with Gasteiger partial charge in [-0.25, -0.2) is 0 Å². The molecule has 0 aromatic rings. The van der Waals surface area contributed by atoms with Crippen LogP contribution in [-0.2, 0) is 0 Å². The molecule has 15 heavy (non-hydrogen) atoms. The van der Waals surface area contributed by atoms with Crippen molar-refractivity contribution in [3.05, 3.63) is 49.7 Å². The highest BCUT2D eigenvalue weighted by atomic mass is 15.0. The van der Waals surface area contributed by atoms with Crippen LogP contribution in [0.25, 0.3) is 0 Å². The third kappa shape index (κ3) is 4.11. The maximum Gasteiger partial charge on any atom is 0.211 e. The first-order valence-electron chi connectivity index (χ1n) is 5.28. The van der Waals surface area contributed by atoms with Crippen LogP contribution in [0.3, 0.4) is 0 Å². The molecule has 1 heteroatoms. The molecule has 0 rings (SSSR count). The van der Waals surface area contributed by atoms with Gasteiger partial charge in [-0.15, -0.1) is 0 Å². The molecule has 0 unspecified atom stereocenters. The molecular formula is C14H22N+. The topological polar surface area (TPSA) is 3.01 Å². The summed E-state index contributed by atoms with van der Waals surface area (Å²) in [4.78, 5) is 0. The fourth-order valence-electron chi connectivity index (χ4n) is 1.44. The Morgan fingerprint density at radius 1 is 1.20 bits per heavy atom. The van der Waals surface area contributed by atoms with Crippen LogP contribution in [-0.4, -0.2) is 16.8 Å². The molecule has 0 aliphatic rings. The summed E-state index contributed by atoms with van der Waals surface area (Å²) in [5.41, 5.74) is 2.15. The van der Waals surface area contributed by atoms with Gasteiger partial charge in [-0.1, -0.05) is 39.2 Å². The lowest BCUT2D eigenvalue weighted by molar-refractivity contribution is -0.462. The first-order valence-corrected chi connectivity index (χ1v) is 5.28. The lowest BCUT2D eigenvalue weighted by Gasteiger charge is -2.06. The second-order valence-electron chi connectivity index (χ2n) is 3.77. The average molecular weight is 204 g/mol. The molecule has 0 saturated carbocycles. The summed E-state index contributed by atoms with van der Waals surface area (Å²) < 4.78 is 2.11. The van der Waals surface area contributed by atoms with E-state index in [2.05, 4.69) is 38.2 Å². The van der Waals surface area contributed by atoms with Crippen molar-refractivity contribution < 1.29 is 4.58 Å². The highest BCUT2D eigenvalue weighted by Gasteiger charge is 2.13. The standard InChI is InChI=1S/C14H22N/c1-7-13(8-2)14(9-3)15(10-4)11-12(5)6/h7-10,12H,1,3-4,11H2,2,5-6H3/q+1/b13-8-,15-14?. The van der Waals surface area contributed by atoms with E-state index in [9.17, 15) is 0 Å². The Labute approximate surface area is 93.8 Å². The van der Waals surface area contributed by atoms with Gasteiger partial charge in [0.15, 0.2) is 12.7 Å². The van der Waals surface area contributed by atoms with Crippen LogP contribution in [0, 0.1) is 5.92 Å². The monoisotopic (exact) mass is 204 g/mol. The molecule has 0 fully saturated rings. The normalized spacial score (nSPS) is 13.5. The molecule has 0 aliphatic carbocycles. The van der Waals surface area contributed by atoms with Gasteiger partial charge in [0.05, 0.1) is 0 Å². The first kappa shape index (κ1) is 13.6. The number of hydrogen-bond donors (Lipinski definition) is 0. The fourth-order valence-corrected chi connectivity index (χ4v) is 1.44. The molecule has 0 spiro atoms. The van der Waals surface area contributed by atoms with Gasteiger partial charge >= 0.3 is 0 Å². The van der Waals surface area contributed by atoms with Crippen molar-refractivity contribution in [2.45, 2.75) is 20.8 Å². The minimum absolute atomic E-state index is 0.584. The summed E-state index contributed by atoms with van der Waals surface area (Å²) in [6.07, 6.45) is 7.56. The third-order valence-corrected chi connectivity index (χ3v) is 2.11. The largest absolute Gasteiger partial charge is 0.211 e. The Bertz CT molecular complexity index is 303. The van der Waals surface area contributed by atoms with Crippen LogP contribution < -0.4 is 0 Å². The summed E-state index contributed by atoms with van der Waals surface area (Å²) in [6, 6.07) is 0. The zero-order chi connectivity index (χ0) is 11.8. The van der Waals surface area contributed by atoms with E-state index in [0.29, 0.717) is 5.92 Å². The van der Waals surface area contributed by atoms with Crippen molar-refractivity contribution in [1.82, 2.24) is 0 Å².